The number of carboxylic acids is 1. The van der Waals surface area contributed by atoms with Crippen molar-refractivity contribution in [3.05, 3.63) is 119 Å². The molecule has 0 saturated carbocycles. The van der Waals surface area contributed by atoms with Gasteiger partial charge in [-0.25, -0.2) is 0 Å². The molecule has 4 rings (SSSR count). The minimum atomic E-state index is -1.31. The number of aromatic hydroxyl groups is 2. The number of amides is 3. The molecule has 0 aromatic heterocycles. The fourth-order valence-corrected chi connectivity index (χ4v) is 7.37. The molecule has 0 radical (unpaired) electrons. The first-order valence-electron chi connectivity index (χ1n) is 21.9. The Hall–Kier alpha value is -7.36. The number of carboxylic acid groups (broad SMARTS) is 1. The molecule has 2 atom stereocenters. The number of aryl methyl sites for hydroxylation is 1. The van der Waals surface area contributed by atoms with Gasteiger partial charge in [0.15, 0.2) is 5.78 Å². The van der Waals surface area contributed by atoms with Gasteiger partial charge >= 0.3 is 17.9 Å². The van der Waals surface area contributed by atoms with E-state index in [9.17, 15) is 48.6 Å². The van der Waals surface area contributed by atoms with Crippen molar-refractivity contribution in [2.75, 3.05) is 6.54 Å². The van der Waals surface area contributed by atoms with Crippen LogP contribution in [0.15, 0.2) is 97.1 Å². The number of hydrogen-bond donors (Lipinski definition) is 6. The molecule has 16 heteroatoms. The number of rotatable bonds is 25. The van der Waals surface area contributed by atoms with Crippen molar-refractivity contribution in [2.45, 2.75) is 104 Å². The maximum Gasteiger partial charge on any atom is 0.322 e. The van der Waals surface area contributed by atoms with Gasteiger partial charge < -0.3 is 40.7 Å². The number of benzene rings is 4. The number of phenolic OH excluding ortho intramolecular Hbond substituents is 2. The Morgan fingerprint density at radius 3 is 1.45 bits per heavy atom. The fourth-order valence-electron chi connectivity index (χ4n) is 7.37. The van der Waals surface area contributed by atoms with Gasteiger partial charge in [-0.3, -0.25) is 38.4 Å². The summed E-state index contributed by atoms with van der Waals surface area (Å²) in [5.41, 5.74) is 0.634. The first kappa shape index (κ1) is 52.3. The van der Waals surface area contributed by atoms with E-state index in [1.807, 2.05) is 0 Å². The largest absolute Gasteiger partial charge is 0.508 e. The Morgan fingerprint density at radius 1 is 0.567 bits per heavy atom. The van der Waals surface area contributed by atoms with Gasteiger partial charge in [0, 0.05) is 30.2 Å². The molecule has 16 nitrogen and oxygen atoms in total. The molecule has 0 bridgehead atoms. The van der Waals surface area contributed by atoms with E-state index in [0.29, 0.717) is 36.1 Å². The number of aliphatic carboxylic acids is 1. The summed E-state index contributed by atoms with van der Waals surface area (Å²) in [6.07, 6.45) is 0.604. The van der Waals surface area contributed by atoms with Crippen LogP contribution in [0.5, 0.6) is 23.0 Å². The quantitative estimate of drug-likeness (QED) is 0.0273. The molecule has 0 heterocycles. The number of hydrogen-bond acceptors (Lipinski definition) is 12. The van der Waals surface area contributed by atoms with E-state index in [4.69, 9.17) is 14.6 Å². The number of Topliss-reactive ketones (excluding diaryl/α,β-unsaturated/α-hetero) is 2. The number of ether oxygens (including phenoxy) is 2. The molecule has 0 spiro atoms. The van der Waals surface area contributed by atoms with Gasteiger partial charge in [0.2, 0.25) is 17.7 Å². The van der Waals surface area contributed by atoms with Gasteiger partial charge in [0.1, 0.15) is 47.7 Å². The number of esters is 2. The number of nitrogens with one attached hydrogen (secondary N) is 3. The van der Waals surface area contributed by atoms with Crippen LogP contribution in [0.25, 0.3) is 0 Å². The fraction of sp³-hybridized carbons (Fsp3) is 0.373. The molecule has 6 N–H and O–H groups in total. The SMILES string of the molecule is CC(=O)CC(=O)Oc1ccc(CCCC(=O)[C@H](Cc2ccc(O)cc2)NC(=O)C(C)(C)CC(C)(C)C(=O)N[C@@H](Cc2ccc(O)cc2)C(=O)NCCc2ccc(OC(=O)CC(=O)O)cc2)cc1. The second-order valence-corrected chi connectivity index (χ2v) is 17.8. The van der Waals surface area contributed by atoms with E-state index >= 15 is 0 Å². The summed E-state index contributed by atoms with van der Waals surface area (Å²) < 4.78 is 10.2. The molecule has 0 saturated heterocycles. The predicted molar refractivity (Wildman–Crippen MR) is 246 cm³/mol. The summed E-state index contributed by atoms with van der Waals surface area (Å²) in [5, 5.41) is 37.2. The van der Waals surface area contributed by atoms with Gasteiger partial charge in [-0.05, 0) is 110 Å². The molecule has 3 amide bonds. The topological polar surface area (TPSA) is 252 Å². The molecule has 356 valence electrons. The number of carbonyl (C=O) groups excluding carboxylic acids is 7. The van der Waals surface area contributed by atoms with Crippen LogP contribution >= 0.6 is 0 Å². The molecule has 0 unspecified atom stereocenters. The zero-order chi connectivity index (χ0) is 49.3. The third-order valence-corrected chi connectivity index (χ3v) is 10.8. The van der Waals surface area contributed by atoms with E-state index in [-0.39, 0.29) is 67.5 Å². The number of ketones is 2. The summed E-state index contributed by atoms with van der Waals surface area (Å²) in [5.74, 6) is -4.30. The maximum absolute atomic E-state index is 14.1. The summed E-state index contributed by atoms with van der Waals surface area (Å²) >= 11 is 0. The van der Waals surface area contributed by atoms with E-state index in [0.717, 1.165) is 11.1 Å². The molecule has 0 fully saturated rings. The van der Waals surface area contributed by atoms with Crippen LogP contribution in [0.3, 0.4) is 0 Å². The standard InChI is InChI=1S/C51H59N3O13/c1-32(55)27-45(61)66-39-21-13-33(14-22-39)7-6-8-43(58)41(28-35-9-17-37(56)18-10-35)53-48(64)50(2,3)31-51(4,5)49(65)54-42(29-36-11-19-38(57)20-12-36)47(63)52-26-25-34-15-23-40(24-16-34)67-46(62)30-44(59)60/h9-24,41-42,56-57H,6-8,25-31H2,1-5H3,(H,52,63)(H,53,64)(H,54,65)(H,59,60)/t41-,42-/m0/s1. The second kappa shape index (κ2) is 24.2. The van der Waals surface area contributed by atoms with Crippen LogP contribution in [0.2, 0.25) is 0 Å². The van der Waals surface area contributed by atoms with Crippen LogP contribution in [-0.4, -0.2) is 81.1 Å². The van der Waals surface area contributed by atoms with Crippen molar-refractivity contribution in [2.24, 2.45) is 10.8 Å². The van der Waals surface area contributed by atoms with E-state index in [1.165, 1.54) is 43.3 Å². The highest BCUT2D eigenvalue weighted by atomic mass is 16.5. The van der Waals surface area contributed by atoms with Crippen molar-refractivity contribution in [1.82, 2.24) is 16.0 Å². The average molecular weight is 922 g/mol. The van der Waals surface area contributed by atoms with Crippen molar-refractivity contribution in [1.29, 1.82) is 0 Å². The molecule has 4 aromatic carbocycles. The normalized spacial score (nSPS) is 12.2. The third kappa shape index (κ3) is 17.9. The average Bonchev–Trinajstić information content (AvgIpc) is 3.24. The molecular formula is C51H59N3O13. The minimum absolute atomic E-state index is 0.0208. The minimum Gasteiger partial charge on any atom is -0.508 e. The Kier molecular flexibility index (Phi) is 18.9. The van der Waals surface area contributed by atoms with Crippen molar-refractivity contribution in [3.8, 4) is 23.0 Å². The smallest absolute Gasteiger partial charge is 0.322 e. The lowest BCUT2D eigenvalue weighted by atomic mass is 9.73. The van der Waals surface area contributed by atoms with Gasteiger partial charge in [0.25, 0.3) is 0 Å². The predicted octanol–water partition coefficient (Wildman–Crippen LogP) is 5.51. The first-order chi connectivity index (χ1) is 31.6. The van der Waals surface area contributed by atoms with Gasteiger partial charge in [-0.15, -0.1) is 0 Å². The lowest BCUT2D eigenvalue weighted by Crippen LogP contribution is -2.53. The Bertz CT molecular complexity index is 2210. The first-order valence-corrected chi connectivity index (χ1v) is 21.9. The highest BCUT2D eigenvalue weighted by molar-refractivity contribution is 5.95. The summed E-state index contributed by atoms with van der Waals surface area (Å²) in [7, 11) is 0. The third-order valence-electron chi connectivity index (χ3n) is 10.8. The van der Waals surface area contributed by atoms with E-state index in [1.54, 1.807) is 88.4 Å². The van der Waals surface area contributed by atoms with Crippen LogP contribution < -0.4 is 25.4 Å². The molecule has 0 aliphatic carbocycles. The zero-order valence-corrected chi connectivity index (χ0v) is 38.4. The van der Waals surface area contributed by atoms with E-state index in [2.05, 4.69) is 16.0 Å². The molecule has 67 heavy (non-hydrogen) atoms. The van der Waals surface area contributed by atoms with Crippen molar-refractivity contribution in [3.63, 3.8) is 0 Å². The van der Waals surface area contributed by atoms with Gasteiger partial charge in [-0.1, -0.05) is 76.2 Å². The lowest BCUT2D eigenvalue weighted by Gasteiger charge is -2.35. The summed E-state index contributed by atoms with van der Waals surface area (Å²) in [6, 6.07) is 23.7. The number of phenols is 2. The maximum atomic E-state index is 14.1. The molecule has 4 aromatic rings. The number of carbonyl (C=O) groups is 8. The van der Waals surface area contributed by atoms with Crippen LogP contribution in [-0.2, 0) is 64.0 Å². The second-order valence-electron chi connectivity index (χ2n) is 17.8. The van der Waals surface area contributed by atoms with E-state index < -0.39 is 65.0 Å². The van der Waals surface area contributed by atoms with Gasteiger partial charge in [0.05, 0.1) is 6.04 Å². The molecule has 0 aliphatic rings. The highest BCUT2D eigenvalue weighted by Crippen LogP contribution is 2.35. The van der Waals surface area contributed by atoms with Crippen LogP contribution in [0.4, 0.5) is 0 Å². The zero-order valence-electron chi connectivity index (χ0n) is 38.4. The Labute approximate surface area is 389 Å². The Balaban J connectivity index is 1.40. The van der Waals surface area contributed by atoms with Crippen LogP contribution in [0, 0.1) is 10.8 Å². The van der Waals surface area contributed by atoms with Crippen molar-refractivity contribution < 1.29 is 63.1 Å². The molecule has 0 aliphatic heterocycles. The molecular weight excluding hydrogens is 863 g/mol. The monoisotopic (exact) mass is 921 g/mol. The van der Waals surface area contributed by atoms with Gasteiger partial charge in [-0.2, -0.15) is 0 Å². The summed E-state index contributed by atoms with van der Waals surface area (Å²) in [4.78, 5) is 101. The van der Waals surface area contributed by atoms with Crippen LogP contribution in [0.1, 0.15) is 89.0 Å². The van der Waals surface area contributed by atoms with Crippen molar-refractivity contribution >= 4 is 47.2 Å². The lowest BCUT2D eigenvalue weighted by molar-refractivity contribution is -0.146. The highest BCUT2D eigenvalue weighted by Gasteiger charge is 2.41. The Morgan fingerprint density at radius 2 is 0.985 bits per heavy atom. The summed E-state index contributed by atoms with van der Waals surface area (Å²) in [6.45, 7) is 8.15.